The highest BCUT2D eigenvalue weighted by atomic mass is 16.6. The fraction of sp³-hybridized carbons (Fsp3) is 0.552. The van der Waals surface area contributed by atoms with E-state index >= 15 is 0 Å². The molecule has 7 nitrogen and oxygen atoms in total. The summed E-state index contributed by atoms with van der Waals surface area (Å²) in [5, 5.41) is 15.3. The van der Waals surface area contributed by atoms with Crippen LogP contribution in [0.1, 0.15) is 43.2 Å². The molecule has 9 rings (SSSR count). The third-order valence-corrected chi connectivity index (χ3v) is 10.1. The number of benzene rings is 2. The zero-order valence-corrected chi connectivity index (χ0v) is 20.5. The first-order valence-electron chi connectivity index (χ1n) is 13.4. The van der Waals surface area contributed by atoms with Gasteiger partial charge in [-0.05, 0) is 74.8 Å². The number of hydrogen-bond donors (Lipinski definition) is 2. The lowest BCUT2D eigenvalue weighted by Gasteiger charge is -2.72. The molecular formula is C29H32N2O5. The number of likely N-dealkylation sites (tertiary alicyclic amines) is 1. The molecule has 1 amide bonds. The van der Waals surface area contributed by atoms with E-state index in [2.05, 4.69) is 16.3 Å². The Morgan fingerprint density at radius 2 is 2.00 bits per heavy atom. The Morgan fingerprint density at radius 1 is 1.17 bits per heavy atom. The van der Waals surface area contributed by atoms with Crippen LogP contribution in [0.15, 0.2) is 42.5 Å². The second-order valence-corrected chi connectivity index (χ2v) is 11.7. The number of ether oxygens (including phenoxy) is 3. The second kappa shape index (κ2) is 7.03. The number of carbonyl (C=O) groups excluding carboxylic acids is 1. The maximum Gasteiger partial charge on any atom is 0.256 e. The van der Waals surface area contributed by atoms with Gasteiger partial charge in [-0.25, -0.2) is 0 Å². The van der Waals surface area contributed by atoms with Crippen LogP contribution in [0.3, 0.4) is 0 Å². The van der Waals surface area contributed by atoms with Crippen molar-refractivity contribution < 1.29 is 24.1 Å². The Balaban J connectivity index is 1.28. The fourth-order valence-electron chi connectivity index (χ4n) is 8.48. The van der Waals surface area contributed by atoms with E-state index < -0.39 is 28.8 Å². The number of carbonyl (C=O) groups is 1. The maximum absolute atomic E-state index is 13.7. The third-order valence-electron chi connectivity index (χ3n) is 10.1. The molecule has 4 aliphatic heterocycles. The summed E-state index contributed by atoms with van der Waals surface area (Å²) >= 11 is 0. The van der Waals surface area contributed by atoms with Crippen molar-refractivity contribution in [2.24, 2.45) is 5.92 Å². The van der Waals surface area contributed by atoms with E-state index in [4.69, 9.17) is 14.2 Å². The van der Waals surface area contributed by atoms with E-state index in [-0.39, 0.29) is 11.9 Å². The summed E-state index contributed by atoms with van der Waals surface area (Å²) in [4.78, 5) is 16.3. The van der Waals surface area contributed by atoms with Gasteiger partial charge in [-0.3, -0.25) is 9.69 Å². The topological polar surface area (TPSA) is 80.3 Å². The number of methoxy groups -OCH3 is 1. The first-order valence-corrected chi connectivity index (χ1v) is 13.4. The number of rotatable bonds is 5. The lowest BCUT2D eigenvalue weighted by atomic mass is 9.44. The second-order valence-electron chi connectivity index (χ2n) is 11.7. The Kier molecular flexibility index (Phi) is 4.19. The minimum atomic E-state index is -1.43. The quantitative estimate of drug-likeness (QED) is 0.674. The van der Waals surface area contributed by atoms with Crippen molar-refractivity contribution in [2.75, 3.05) is 25.5 Å². The van der Waals surface area contributed by atoms with Crippen LogP contribution < -0.4 is 14.8 Å². The SMILES string of the molecule is COc1ccc2c3c1OC1C4(O)CCC5(O[C@@H]4C(=O)Nc4ccccc4)C(C2)N(CC2CC2)CCC315. The van der Waals surface area contributed by atoms with Crippen LogP contribution >= 0.6 is 0 Å². The van der Waals surface area contributed by atoms with Crippen molar-refractivity contribution in [2.45, 2.75) is 73.4 Å². The standard InChI is InChI=1S/C29H32N2O5/c1-34-20-10-9-18-15-21-29-12-11-28(33,24(36-29)25(32)30-19-5-3-2-4-6-19)26-27(29,22(18)23(20)35-26)13-14-31(21)16-17-7-8-17/h2-6,9-10,17,21,24,26,33H,7-8,11-16H2,1H3,(H,30,32)/t21?,24-,26?,27?,28?,29?/m1/s1. The van der Waals surface area contributed by atoms with Gasteiger partial charge in [0.15, 0.2) is 17.6 Å². The summed E-state index contributed by atoms with van der Waals surface area (Å²) < 4.78 is 19.5. The van der Waals surface area contributed by atoms with Crippen molar-refractivity contribution in [3.8, 4) is 11.5 Å². The number of nitrogens with zero attached hydrogens (tertiary/aromatic N) is 1. The average Bonchev–Trinajstić information content (AvgIpc) is 3.63. The molecule has 4 bridgehead atoms. The van der Waals surface area contributed by atoms with Crippen LogP contribution in [0.2, 0.25) is 0 Å². The summed E-state index contributed by atoms with van der Waals surface area (Å²) in [6, 6.07) is 13.7. The summed E-state index contributed by atoms with van der Waals surface area (Å²) in [5.74, 6) is 1.90. The molecule has 2 saturated carbocycles. The van der Waals surface area contributed by atoms with Crippen molar-refractivity contribution in [1.29, 1.82) is 0 Å². The maximum atomic E-state index is 13.7. The Bertz CT molecular complexity index is 1260. The zero-order chi connectivity index (χ0) is 24.3. The van der Waals surface area contributed by atoms with E-state index in [1.54, 1.807) is 7.11 Å². The van der Waals surface area contributed by atoms with Crippen LogP contribution in [0, 0.1) is 5.92 Å². The van der Waals surface area contributed by atoms with Crippen LogP contribution in [0.4, 0.5) is 5.69 Å². The largest absolute Gasteiger partial charge is 0.493 e. The van der Waals surface area contributed by atoms with Gasteiger partial charge >= 0.3 is 0 Å². The van der Waals surface area contributed by atoms with E-state index in [9.17, 15) is 9.90 Å². The van der Waals surface area contributed by atoms with Gasteiger partial charge in [-0.15, -0.1) is 0 Å². The van der Waals surface area contributed by atoms with Gasteiger partial charge < -0.3 is 24.6 Å². The number of nitrogens with one attached hydrogen (secondary N) is 1. The molecule has 2 aromatic rings. The highest BCUT2D eigenvalue weighted by molar-refractivity contribution is 5.95. The number of para-hydroxylation sites is 1. The van der Waals surface area contributed by atoms with Crippen molar-refractivity contribution in [1.82, 2.24) is 4.90 Å². The van der Waals surface area contributed by atoms with Crippen LogP contribution in [-0.2, 0) is 21.4 Å². The normalized spacial score (nSPS) is 39.3. The van der Waals surface area contributed by atoms with Gasteiger partial charge in [0.05, 0.1) is 18.1 Å². The van der Waals surface area contributed by atoms with Crippen molar-refractivity contribution in [3.05, 3.63) is 53.6 Å². The van der Waals surface area contributed by atoms with Crippen molar-refractivity contribution in [3.63, 3.8) is 0 Å². The van der Waals surface area contributed by atoms with E-state index in [1.807, 2.05) is 36.4 Å². The molecule has 5 unspecified atom stereocenters. The van der Waals surface area contributed by atoms with Crippen LogP contribution in [-0.4, -0.2) is 65.6 Å². The zero-order valence-electron chi connectivity index (χ0n) is 20.5. The Labute approximate surface area is 210 Å². The lowest BCUT2D eigenvalue weighted by molar-refractivity contribution is -0.344. The predicted octanol–water partition coefficient (Wildman–Crippen LogP) is 3.04. The summed E-state index contributed by atoms with van der Waals surface area (Å²) in [6.45, 7) is 2.04. The first-order chi connectivity index (χ1) is 17.5. The number of fused-ring (bicyclic) bond motifs is 2. The molecule has 6 atom stereocenters. The molecule has 188 valence electrons. The number of anilines is 1. The minimum absolute atomic E-state index is 0.154. The summed E-state index contributed by atoms with van der Waals surface area (Å²) in [7, 11) is 1.66. The molecule has 7 heteroatoms. The Morgan fingerprint density at radius 3 is 2.78 bits per heavy atom. The van der Waals surface area contributed by atoms with Crippen molar-refractivity contribution >= 4 is 11.6 Å². The summed E-state index contributed by atoms with van der Waals surface area (Å²) in [5.41, 5.74) is 0.637. The first kappa shape index (κ1) is 21.5. The average molecular weight is 489 g/mol. The molecule has 0 aromatic heterocycles. The van der Waals surface area contributed by atoms with Gasteiger partial charge in [0.25, 0.3) is 5.91 Å². The molecule has 3 aliphatic carbocycles. The molecular weight excluding hydrogens is 456 g/mol. The van der Waals surface area contributed by atoms with Gasteiger partial charge in [-0.2, -0.15) is 0 Å². The molecule has 7 aliphatic rings. The molecule has 5 fully saturated rings. The van der Waals surface area contributed by atoms with Gasteiger partial charge in [0, 0.05) is 23.8 Å². The van der Waals surface area contributed by atoms with Gasteiger partial charge in [0.1, 0.15) is 11.7 Å². The van der Waals surface area contributed by atoms with Gasteiger partial charge in [0.2, 0.25) is 0 Å². The summed E-state index contributed by atoms with van der Waals surface area (Å²) in [6.07, 6.45) is 3.96. The number of piperidine rings is 1. The molecule has 3 saturated heterocycles. The Hall–Kier alpha value is -2.61. The fourth-order valence-corrected chi connectivity index (χ4v) is 8.48. The predicted molar refractivity (Wildman–Crippen MR) is 132 cm³/mol. The van der Waals surface area contributed by atoms with E-state index in [0.717, 1.165) is 49.6 Å². The van der Waals surface area contributed by atoms with E-state index in [0.29, 0.717) is 17.9 Å². The molecule has 2 spiro atoms. The minimum Gasteiger partial charge on any atom is -0.493 e. The molecule has 2 aromatic carbocycles. The van der Waals surface area contributed by atoms with Gasteiger partial charge in [-0.1, -0.05) is 24.3 Å². The number of amides is 1. The molecule has 0 radical (unpaired) electrons. The molecule has 2 N–H and O–H groups in total. The molecule has 4 heterocycles. The number of hydrogen-bond acceptors (Lipinski definition) is 6. The molecule has 36 heavy (non-hydrogen) atoms. The highest BCUT2D eigenvalue weighted by Gasteiger charge is 2.82. The lowest BCUT2D eigenvalue weighted by Crippen LogP contribution is -2.87. The van der Waals surface area contributed by atoms with Crippen LogP contribution in [0.25, 0.3) is 0 Å². The number of aliphatic hydroxyl groups is 1. The highest BCUT2D eigenvalue weighted by Crippen LogP contribution is 2.71. The smallest absolute Gasteiger partial charge is 0.256 e. The monoisotopic (exact) mass is 488 g/mol. The third kappa shape index (κ3) is 2.47. The van der Waals surface area contributed by atoms with Crippen LogP contribution in [0.5, 0.6) is 11.5 Å². The van der Waals surface area contributed by atoms with E-state index in [1.165, 1.54) is 18.4 Å².